The third-order valence-corrected chi connectivity index (χ3v) is 4.32. The van der Waals surface area contributed by atoms with E-state index in [1.54, 1.807) is 12.1 Å². The minimum Gasteiger partial charge on any atom is -0.478 e. The lowest BCUT2D eigenvalue weighted by Crippen LogP contribution is -2.10. The summed E-state index contributed by atoms with van der Waals surface area (Å²) in [6.45, 7) is 4.30. The lowest BCUT2D eigenvalue weighted by atomic mass is 10.1. The zero-order chi connectivity index (χ0) is 15.4. The fraction of sp³-hybridized carbons (Fsp3) is 0.500. The molecule has 0 aliphatic rings. The van der Waals surface area contributed by atoms with E-state index in [4.69, 9.17) is 0 Å². The van der Waals surface area contributed by atoms with Crippen LogP contribution in [0, 0.1) is 0 Å². The largest absolute Gasteiger partial charge is 0.478 e. The number of carboxylic acids is 1. The Labute approximate surface area is 129 Å². The van der Waals surface area contributed by atoms with E-state index in [1.165, 1.54) is 0 Å². The predicted molar refractivity (Wildman–Crippen MR) is 88.4 cm³/mol. The van der Waals surface area contributed by atoms with Gasteiger partial charge in [0, 0.05) is 12.5 Å². The van der Waals surface area contributed by atoms with Crippen LogP contribution in [-0.4, -0.2) is 32.6 Å². The molecule has 1 aromatic carbocycles. The highest BCUT2D eigenvalue weighted by Gasteiger charge is 2.19. The number of aromatic carboxylic acids is 1. The van der Waals surface area contributed by atoms with Crippen LogP contribution in [0.15, 0.2) is 18.2 Å². The SMILES string of the molecule is CCCc1nc2c(C(=O)O)cccc2n1C(C)CCSC. The van der Waals surface area contributed by atoms with Crippen molar-refractivity contribution in [2.24, 2.45) is 0 Å². The molecule has 0 saturated carbocycles. The van der Waals surface area contributed by atoms with Crippen molar-refractivity contribution in [3.8, 4) is 0 Å². The van der Waals surface area contributed by atoms with Crippen molar-refractivity contribution < 1.29 is 9.90 Å². The van der Waals surface area contributed by atoms with Crippen LogP contribution in [0.5, 0.6) is 0 Å². The van der Waals surface area contributed by atoms with E-state index in [0.717, 1.165) is 36.4 Å². The number of fused-ring (bicyclic) bond motifs is 1. The number of imidazole rings is 1. The summed E-state index contributed by atoms with van der Waals surface area (Å²) in [6, 6.07) is 5.74. The van der Waals surface area contributed by atoms with Gasteiger partial charge in [0.1, 0.15) is 11.3 Å². The van der Waals surface area contributed by atoms with E-state index in [9.17, 15) is 9.90 Å². The van der Waals surface area contributed by atoms with Crippen LogP contribution in [-0.2, 0) is 6.42 Å². The summed E-state index contributed by atoms with van der Waals surface area (Å²) in [5.41, 5.74) is 1.84. The fourth-order valence-corrected chi connectivity index (χ4v) is 3.22. The predicted octanol–water partition coefficient (Wildman–Crippen LogP) is 4.00. The number of carbonyl (C=O) groups is 1. The van der Waals surface area contributed by atoms with Gasteiger partial charge >= 0.3 is 5.97 Å². The molecule has 1 atom stereocenters. The normalized spacial score (nSPS) is 12.7. The Hall–Kier alpha value is -1.49. The molecule has 1 aromatic heterocycles. The summed E-state index contributed by atoms with van der Waals surface area (Å²) in [5.74, 6) is 1.17. The first-order valence-corrected chi connectivity index (χ1v) is 8.71. The van der Waals surface area contributed by atoms with Crippen LogP contribution in [0.2, 0.25) is 0 Å². The second-order valence-electron chi connectivity index (χ2n) is 5.26. The van der Waals surface area contributed by atoms with Crippen molar-refractivity contribution >= 4 is 28.8 Å². The maximum absolute atomic E-state index is 11.4. The Morgan fingerprint density at radius 2 is 2.24 bits per heavy atom. The van der Waals surface area contributed by atoms with Crippen LogP contribution in [0.25, 0.3) is 11.0 Å². The Morgan fingerprint density at radius 1 is 1.48 bits per heavy atom. The van der Waals surface area contributed by atoms with Gasteiger partial charge in [-0.2, -0.15) is 11.8 Å². The molecule has 0 amide bonds. The van der Waals surface area contributed by atoms with Crippen LogP contribution in [0.4, 0.5) is 0 Å². The van der Waals surface area contributed by atoms with Crippen molar-refractivity contribution in [1.29, 1.82) is 0 Å². The molecule has 0 bridgehead atoms. The topological polar surface area (TPSA) is 55.1 Å². The average molecular weight is 306 g/mol. The number of hydrogen-bond donors (Lipinski definition) is 1. The van der Waals surface area contributed by atoms with Gasteiger partial charge in [-0.15, -0.1) is 0 Å². The van der Waals surface area contributed by atoms with E-state index in [-0.39, 0.29) is 0 Å². The van der Waals surface area contributed by atoms with Crippen molar-refractivity contribution in [2.45, 2.75) is 39.2 Å². The third-order valence-electron chi connectivity index (χ3n) is 3.68. The molecule has 21 heavy (non-hydrogen) atoms. The molecule has 114 valence electrons. The minimum absolute atomic E-state index is 0.292. The minimum atomic E-state index is -0.912. The maximum atomic E-state index is 11.4. The Balaban J connectivity index is 2.57. The molecule has 1 unspecified atom stereocenters. The molecule has 1 N–H and O–H groups in total. The summed E-state index contributed by atoms with van der Waals surface area (Å²) in [5, 5.41) is 9.34. The number of benzene rings is 1. The van der Waals surface area contributed by atoms with Gasteiger partial charge in [0.05, 0.1) is 11.1 Å². The van der Waals surface area contributed by atoms with Gasteiger partial charge in [0.15, 0.2) is 0 Å². The number of nitrogens with zero attached hydrogens (tertiary/aromatic N) is 2. The van der Waals surface area contributed by atoms with Gasteiger partial charge in [0.2, 0.25) is 0 Å². The lowest BCUT2D eigenvalue weighted by molar-refractivity contribution is 0.0699. The quantitative estimate of drug-likeness (QED) is 0.840. The number of carboxylic acid groups (broad SMARTS) is 1. The molecule has 0 radical (unpaired) electrons. The first kappa shape index (κ1) is 15.9. The van der Waals surface area contributed by atoms with Crippen molar-refractivity contribution in [2.75, 3.05) is 12.0 Å². The number of hydrogen-bond acceptors (Lipinski definition) is 3. The summed E-state index contributed by atoms with van der Waals surface area (Å²) in [6.07, 6.45) is 5.03. The molecule has 2 rings (SSSR count). The number of aromatic nitrogens is 2. The molecule has 0 aliphatic heterocycles. The van der Waals surface area contributed by atoms with Gasteiger partial charge in [-0.1, -0.05) is 13.0 Å². The highest BCUT2D eigenvalue weighted by atomic mass is 32.2. The molecule has 5 heteroatoms. The molecular formula is C16H22N2O2S. The van der Waals surface area contributed by atoms with Crippen LogP contribution in [0.1, 0.15) is 48.9 Å². The molecule has 0 fully saturated rings. The number of thioether (sulfide) groups is 1. The average Bonchev–Trinajstić information content (AvgIpc) is 2.82. The Kier molecular flexibility index (Phi) is 5.28. The van der Waals surface area contributed by atoms with Crippen molar-refractivity contribution in [3.05, 3.63) is 29.6 Å². The number of rotatable bonds is 7. The first-order chi connectivity index (χ1) is 10.1. The smallest absolute Gasteiger partial charge is 0.337 e. The fourth-order valence-electron chi connectivity index (χ4n) is 2.65. The zero-order valence-electron chi connectivity index (χ0n) is 12.8. The second-order valence-corrected chi connectivity index (χ2v) is 6.24. The first-order valence-electron chi connectivity index (χ1n) is 7.32. The summed E-state index contributed by atoms with van der Waals surface area (Å²) >= 11 is 1.83. The van der Waals surface area contributed by atoms with Gasteiger partial charge < -0.3 is 9.67 Å². The second kappa shape index (κ2) is 6.98. The summed E-state index contributed by atoms with van der Waals surface area (Å²) < 4.78 is 2.22. The molecule has 1 heterocycles. The van der Waals surface area contributed by atoms with Gasteiger partial charge in [-0.25, -0.2) is 9.78 Å². The van der Waals surface area contributed by atoms with Crippen LogP contribution >= 0.6 is 11.8 Å². The van der Waals surface area contributed by atoms with Crippen LogP contribution < -0.4 is 0 Å². The monoisotopic (exact) mass is 306 g/mol. The molecular weight excluding hydrogens is 284 g/mol. The Bertz CT molecular complexity index is 636. The van der Waals surface area contributed by atoms with Crippen molar-refractivity contribution in [1.82, 2.24) is 9.55 Å². The maximum Gasteiger partial charge on any atom is 0.337 e. The molecule has 2 aromatic rings. The molecule has 0 aliphatic carbocycles. The summed E-state index contributed by atoms with van der Waals surface area (Å²) in [7, 11) is 0. The van der Waals surface area contributed by atoms with Gasteiger partial charge in [-0.3, -0.25) is 0 Å². The lowest BCUT2D eigenvalue weighted by Gasteiger charge is -2.17. The molecule has 4 nitrogen and oxygen atoms in total. The highest BCUT2D eigenvalue weighted by Crippen LogP contribution is 2.27. The van der Waals surface area contributed by atoms with Gasteiger partial charge in [0.25, 0.3) is 0 Å². The molecule has 0 spiro atoms. The van der Waals surface area contributed by atoms with E-state index in [1.807, 2.05) is 17.8 Å². The van der Waals surface area contributed by atoms with Crippen molar-refractivity contribution in [3.63, 3.8) is 0 Å². The Morgan fingerprint density at radius 3 is 2.86 bits per heavy atom. The van der Waals surface area contributed by atoms with E-state index < -0.39 is 5.97 Å². The van der Waals surface area contributed by atoms with Crippen LogP contribution in [0.3, 0.4) is 0 Å². The number of para-hydroxylation sites is 1. The van der Waals surface area contributed by atoms with E-state index >= 15 is 0 Å². The molecule has 0 saturated heterocycles. The van der Waals surface area contributed by atoms with E-state index in [0.29, 0.717) is 17.1 Å². The zero-order valence-corrected chi connectivity index (χ0v) is 13.6. The third kappa shape index (κ3) is 3.23. The summed E-state index contributed by atoms with van der Waals surface area (Å²) in [4.78, 5) is 16.0. The van der Waals surface area contributed by atoms with Gasteiger partial charge in [-0.05, 0) is 43.9 Å². The highest BCUT2D eigenvalue weighted by molar-refractivity contribution is 7.98. The standard InChI is InChI=1S/C16H22N2O2S/c1-4-6-14-17-15-12(16(19)20)7-5-8-13(15)18(14)11(2)9-10-21-3/h5,7-8,11H,4,6,9-10H2,1-3H3,(H,19,20). The van der Waals surface area contributed by atoms with E-state index in [2.05, 4.69) is 29.7 Å². The number of aryl methyl sites for hydroxylation is 1.